The normalized spacial score (nSPS) is 16.8. The van der Waals surface area contributed by atoms with Crippen LogP contribution in [0.5, 0.6) is 5.75 Å². The summed E-state index contributed by atoms with van der Waals surface area (Å²) in [5.74, 6) is 0.230. The van der Waals surface area contributed by atoms with Crippen LogP contribution in [0.25, 0.3) is 0 Å². The van der Waals surface area contributed by atoms with E-state index in [1.54, 1.807) is 17.0 Å². The van der Waals surface area contributed by atoms with Gasteiger partial charge in [-0.1, -0.05) is 17.3 Å². The van der Waals surface area contributed by atoms with E-state index in [-0.39, 0.29) is 24.0 Å². The van der Waals surface area contributed by atoms with Gasteiger partial charge in [-0.2, -0.15) is 5.21 Å². The van der Waals surface area contributed by atoms with Gasteiger partial charge in [0.25, 0.3) is 0 Å². The van der Waals surface area contributed by atoms with Crippen LogP contribution in [0.3, 0.4) is 0 Å². The number of H-pyrrole nitrogens is 1. The second-order valence-electron chi connectivity index (χ2n) is 5.96. The Morgan fingerprint density at radius 1 is 1.32 bits per heavy atom. The third-order valence-electron chi connectivity index (χ3n) is 4.22. The smallest absolute Gasteiger partial charge is 0.242 e. The number of hydrogen-bond donors (Lipinski definition) is 3. The number of rotatable bonds is 6. The van der Waals surface area contributed by atoms with E-state index in [0.717, 1.165) is 12.0 Å². The monoisotopic (exact) mass is 344 g/mol. The largest absolute Gasteiger partial charge is 0.508 e. The topological polar surface area (TPSA) is 124 Å². The van der Waals surface area contributed by atoms with Crippen molar-refractivity contribution in [3.63, 3.8) is 0 Å². The predicted octanol–water partition coefficient (Wildman–Crippen LogP) is -0.202. The Kier molecular flexibility index (Phi) is 5.22. The molecule has 1 aromatic heterocycles. The highest BCUT2D eigenvalue weighted by Crippen LogP contribution is 2.18. The lowest BCUT2D eigenvalue weighted by Gasteiger charge is -2.23. The van der Waals surface area contributed by atoms with Crippen molar-refractivity contribution in [2.75, 3.05) is 13.1 Å². The van der Waals surface area contributed by atoms with Crippen LogP contribution in [0, 0.1) is 0 Å². The lowest BCUT2D eigenvalue weighted by Crippen LogP contribution is -2.46. The summed E-state index contributed by atoms with van der Waals surface area (Å²) >= 11 is 0. The first-order chi connectivity index (χ1) is 12.1. The van der Waals surface area contributed by atoms with Gasteiger partial charge in [0.2, 0.25) is 11.8 Å². The van der Waals surface area contributed by atoms with E-state index >= 15 is 0 Å². The minimum Gasteiger partial charge on any atom is -0.508 e. The van der Waals surface area contributed by atoms with Crippen molar-refractivity contribution in [2.24, 2.45) is 0 Å². The first-order valence-corrected chi connectivity index (χ1v) is 8.21. The summed E-state index contributed by atoms with van der Waals surface area (Å²) in [7, 11) is 0. The van der Waals surface area contributed by atoms with Gasteiger partial charge in [-0.15, -0.1) is 10.2 Å². The molecule has 1 aliphatic rings. The molecule has 9 nitrogen and oxygen atoms in total. The number of aromatic hydroxyl groups is 1. The Morgan fingerprint density at radius 3 is 2.84 bits per heavy atom. The van der Waals surface area contributed by atoms with Gasteiger partial charge in [-0.25, -0.2) is 0 Å². The van der Waals surface area contributed by atoms with E-state index < -0.39 is 6.04 Å². The first-order valence-electron chi connectivity index (χ1n) is 8.21. The number of phenolic OH excluding ortho intramolecular Hbond substituents is 1. The Bertz CT molecular complexity index is 716. The number of carbonyl (C=O) groups is 2. The molecule has 1 atom stereocenters. The molecule has 2 heterocycles. The number of tetrazole rings is 1. The van der Waals surface area contributed by atoms with Gasteiger partial charge in [0.05, 0.1) is 6.42 Å². The average molecular weight is 344 g/mol. The number of benzene rings is 1. The molecule has 0 aliphatic carbocycles. The van der Waals surface area contributed by atoms with Gasteiger partial charge < -0.3 is 15.3 Å². The van der Waals surface area contributed by atoms with E-state index in [4.69, 9.17) is 0 Å². The summed E-state index contributed by atoms with van der Waals surface area (Å²) in [5, 5.41) is 25.4. The van der Waals surface area contributed by atoms with Crippen LogP contribution >= 0.6 is 0 Å². The average Bonchev–Trinajstić information content (AvgIpc) is 3.27. The molecule has 1 saturated heterocycles. The number of phenols is 1. The van der Waals surface area contributed by atoms with Gasteiger partial charge in [-0.3, -0.25) is 9.59 Å². The molecule has 0 spiro atoms. The van der Waals surface area contributed by atoms with E-state index in [0.29, 0.717) is 31.8 Å². The molecule has 0 radical (unpaired) electrons. The molecule has 2 aromatic rings. The lowest BCUT2D eigenvalue weighted by atomic mass is 10.1. The molecule has 3 N–H and O–H groups in total. The van der Waals surface area contributed by atoms with Gasteiger partial charge in [0, 0.05) is 13.1 Å². The third kappa shape index (κ3) is 4.31. The molecule has 0 saturated carbocycles. The second-order valence-corrected chi connectivity index (χ2v) is 5.96. The summed E-state index contributed by atoms with van der Waals surface area (Å²) in [6.45, 7) is 1.04. The molecule has 1 unspecified atom stereocenters. The summed E-state index contributed by atoms with van der Waals surface area (Å²) in [5.41, 5.74) is 1.02. The first kappa shape index (κ1) is 16.9. The molecule has 132 valence electrons. The zero-order valence-electron chi connectivity index (χ0n) is 13.7. The molecule has 1 aromatic carbocycles. The van der Waals surface area contributed by atoms with Crippen molar-refractivity contribution in [1.29, 1.82) is 0 Å². The number of carbonyl (C=O) groups excluding carboxylic acids is 2. The summed E-state index contributed by atoms with van der Waals surface area (Å²) < 4.78 is 0. The number of likely N-dealkylation sites (tertiary alicyclic amines) is 1. The van der Waals surface area contributed by atoms with Gasteiger partial charge in [-0.05, 0) is 37.0 Å². The highest BCUT2D eigenvalue weighted by molar-refractivity contribution is 5.88. The maximum Gasteiger partial charge on any atom is 0.242 e. The summed E-state index contributed by atoms with van der Waals surface area (Å²) in [6.07, 6.45) is 2.15. The van der Waals surface area contributed by atoms with Gasteiger partial charge >= 0.3 is 0 Å². The quantitative estimate of drug-likeness (QED) is 0.666. The molecule has 25 heavy (non-hydrogen) atoms. The van der Waals surface area contributed by atoms with E-state index in [1.807, 2.05) is 12.1 Å². The molecule has 3 rings (SSSR count). The van der Waals surface area contributed by atoms with Crippen LogP contribution in [0.4, 0.5) is 0 Å². The Hall–Kier alpha value is -2.97. The third-order valence-corrected chi connectivity index (χ3v) is 4.22. The van der Waals surface area contributed by atoms with E-state index in [2.05, 4.69) is 25.9 Å². The Balaban J connectivity index is 1.50. The van der Waals surface area contributed by atoms with E-state index in [1.165, 1.54) is 0 Å². The van der Waals surface area contributed by atoms with Crippen molar-refractivity contribution < 1.29 is 14.7 Å². The van der Waals surface area contributed by atoms with Crippen LogP contribution < -0.4 is 5.32 Å². The van der Waals surface area contributed by atoms with Crippen LogP contribution in [0.1, 0.15) is 24.2 Å². The highest BCUT2D eigenvalue weighted by Gasteiger charge is 2.34. The standard InChI is InChI=1S/C16H20N6O3/c23-12-5-3-11(4-6-12)7-8-17-16(25)13-2-1-9-22(13)15(24)10-14-18-20-21-19-14/h3-6,13,23H,1-2,7-10H2,(H,17,25)(H,18,19,20,21). The number of hydrogen-bond acceptors (Lipinski definition) is 6. The lowest BCUT2D eigenvalue weighted by molar-refractivity contribution is -0.138. The molecular formula is C16H20N6O3. The number of amides is 2. The fourth-order valence-electron chi connectivity index (χ4n) is 2.94. The van der Waals surface area contributed by atoms with Crippen molar-refractivity contribution >= 4 is 11.8 Å². The molecule has 1 aliphatic heterocycles. The van der Waals surface area contributed by atoms with Crippen molar-refractivity contribution in [1.82, 2.24) is 30.8 Å². The summed E-state index contributed by atoms with van der Waals surface area (Å²) in [4.78, 5) is 26.4. The number of aromatic amines is 1. The zero-order valence-corrected chi connectivity index (χ0v) is 13.7. The summed E-state index contributed by atoms with van der Waals surface area (Å²) in [6, 6.07) is 6.42. The fourth-order valence-corrected chi connectivity index (χ4v) is 2.94. The minimum absolute atomic E-state index is 0.0355. The SMILES string of the molecule is O=C(NCCc1ccc(O)cc1)C1CCCN1C(=O)Cc1nn[nH]n1. The maximum absolute atomic E-state index is 12.4. The number of nitrogens with one attached hydrogen (secondary N) is 2. The van der Waals surface area contributed by atoms with Crippen molar-refractivity contribution in [2.45, 2.75) is 31.7 Å². The maximum atomic E-state index is 12.4. The Labute approximate surface area is 144 Å². The highest BCUT2D eigenvalue weighted by atomic mass is 16.3. The Morgan fingerprint density at radius 2 is 2.12 bits per heavy atom. The van der Waals surface area contributed by atoms with Gasteiger partial charge in [0.15, 0.2) is 5.82 Å². The van der Waals surface area contributed by atoms with Crippen LogP contribution in [0.15, 0.2) is 24.3 Å². The number of nitrogens with zero attached hydrogens (tertiary/aromatic N) is 4. The van der Waals surface area contributed by atoms with Crippen LogP contribution in [0.2, 0.25) is 0 Å². The van der Waals surface area contributed by atoms with Crippen LogP contribution in [-0.4, -0.2) is 61.6 Å². The molecule has 9 heteroatoms. The van der Waals surface area contributed by atoms with Gasteiger partial charge in [0.1, 0.15) is 11.8 Å². The fraction of sp³-hybridized carbons (Fsp3) is 0.438. The minimum atomic E-state index is -0.445. The van der Waals surface area contributed by atoms with Crippen molar-refractivity contribution in [3.05, 3.63) is 35.7 Å². The number of aromatic nitrogens is 4. The zero-order chi connectivity index (χ0) is 17.6. The van der Waals surface area contributed by atoms with Crippen molar-refractivity contribution in [3.8, 4) is 5.75 Å². The van der Waals surface area contributed by atoms with E-state index in [9.17, 15) is 14.7 Å². The molecule has 1 fully saturated rings. The van der Waals surface area contributed by atoms with Crippen LogP contribution in [-0.2, 0) is 22.4 Å². The molecule has 0 bridgehead atoms. The second kappa shape index (κ2) is 7.73. The molecular weight excluding hydrogens is 324 g/mol. The predicted molar refractivity (Wildman–Crippen MR) is 87.4 cm³/mol. The molecule has 2 amide bonds.